The molecule has 0 saturated carbocycles. The van der Waals surface area contributed by atoms with Crippen LogP contribution in [0.2, 0.25) is 5.02 Å². The number of aliphatic carboxylic acids is 1. The fourth-order valence-corrected chi connectivity index (χ4v) is 4.70. The van der Waals surface area contributed by atoms with Gasteiger partial charge in [-0.05, 0) is 72.5 Å². The molecule has 1 amide bonds. The number of hydrogen-bond donors (Lipinski definition) is 2. The summed E-state index contributed by atoms with van der Waals surface area (Å²) in [6.45, 7) is 4.26. The van der Waals surface area contributed by atoms with Crippen LogP contribution in [0.25, 0.3) is 10.9 Å². The lowest BCUT2D eigenvalue weighted by molar-refractivity contribution is -0.136. The molecular formula is C31H31ClN2O4. The first-order chi connectivity index (χ1) is 18.4. The second-order valence-corrected chi connectivity index (χ2v) is 9.77. The number of carboxylic acid groups (broad SMARTS) is 1. The third-order valence-electron chi connectivity index (χ3n) is 6.50. The quantitative estimate of drug-likeness (QED) is 0.216. The Morgan fingerprint density at radius 2 is 1.71 bits per heavy atom. The van der Waals surface area contributed by atoms with Crippen LogP contribution < -0.4 is 10.1 Å². The highest BCUT2D eigenvalue weighted by Gasteiger charge is 2.27. The van der Waals surface area contributed by atoms with Crippen LogP contribution >= 0.6 is 11.6 Å². The van der Waals surface area contributed by atoms with Crippen molar-refractivity contribution in [1.82, 2.24) is 10.3 Å². The minimum absolute atomic E-state index is 0.000962. The number of rotatable bonds is 11. The van der Waals surface area contributed by atoms with Crippen LogP contribution in [-0.4, -0.2) is 28.5 Å². The smallest absolute Gasteiger partial charge is 0.305 e. The Hall–Kier alpha value is -3.90. The number of aromatic nitrogens is 1. The molecule has 0 bridgehead atoms. The summed E-state index contributed by atoms with van der Waals surface area (Å²) < 4.78 is 6.80. The summed E-state index contributed by atoms with van der Waals surface area (Å²) in [7, 11) is 0. The van der Waals surface area contributed by atoms with Crippen molar-refractivity contribution in [2.45, 2.75) is 45.1 Å². The lowest BCUT2D eigenvalue weighted by atomic mass is 9.85. The Morgan fingerprint density at radius 3 is 2.39 bits per heavy atom. The summed E-state index contributed by atoms with van der Waals surface area (Å²) in [5.41, 5.74) is 4.53. The number of nitrogens with zero attached hydrogens (tertiary/aromatic N) is 1. The van der Waals surface area contributed by atoms with Gasteiger partial charge in [0.2, 0.25) is 0 Å². The number of carbonyl (C=O) groups is 2. The minimum atomic E-state index is -0.951. The van der Waals surface area contributed by atoms with E-state index in [1.165, 1.54) is 0 Å². The molecule has 3 aromatic carbocycles. The molecule has 1 aromatic heterocycles. The summed E-state index contributed by atoms with van der Waals surface area (Å²) in [5.74, 6) is -0.494. The third kappa shape index (κ3) is 6.69. The molecule has 0 aliphatic heterocycles. The molecule has 4 rings (SSSR count). The summed E-state index contributed by atoms with van der Waals surface area (Å²) in [4.78, 5) is 27.7. The first-order valence-electron chi connectivity index (χ1n) is 12.7. The molecule has 2 N–H and O–H groups in total. The van der Waals surface area contributed by atoms with Crippen LogP contribution in [0.5, 0.6) is 5.75 Å². The van der Waals surface area contributed by atoms with E-state index in [-0.39, 0.29) is 30.9 Å². The molecule has 1 heterocycles. The van der Waals surface area contributed by atoms with Gasteiger partial charge in [-0.15, -0.1) is 0 Å². The standard InChI is InChI=1S/C31H31ClN2O4/c1-3-4-25(21-6-8-23(9-7-21)31(37)34-18-16-29(35)36)30(22-10-12-24(32)13-11-22)38-28-15-17-33-27-19-20(2)5-14-26(27)28/h5-15,17,19,25,30H,3-4,16,18H2,1-2H3,(H,34,37)(H,35,36)/t25-,30?/m1/s1. The number of benzene rings is 3. The number of carbonyl (C=O) groups excluding carboxylic acids is 1. The minimum Gasteiger partial charge on any atom is -0.484 e. The molecule has 0 fully saturated rings. The van der Waals surface area contributed by atoms with E-state index in [9.17, 15) is 9.59 Å². The number of fused-ring (bicyclic) bond motifs is 1. The van der Waals surface area contributed by atoms with Crippen LogP contribution in [0.15, 0.2) is 79.0 Å². The molecule has 2 atom stereocenters. The van der Waals surface area contributed by atoms with Crippen molar-refractivity contribution in [1.29, 1.82) is 0 Å². The van der Waals surface area contributed by atoms with Crippen molar-refractivity contribution >= 4 is 34.4 Å². The Labute approximate surface area is 227 Å². The van der Waals surface area contributed by atoms with E-state index in [0.717, 1.165) is 46.2 Å². The number of ether oxygens (including phenoxy) is 1. The molecule has 0 aliphatic carbocycles. The normalized spacial score (nSPS) is 12.6. The number of carboxylic acids is 1. The van der Waals surface area contributed by atoms with Crippen molar-refractivity contribution in [3.05, 3.63) is 106 Å². The van der Waals surface area contributed by atoms with E-state index < -0.39 is 5.97 Å². The second-order valence-electron chi connectivity index (χ2n) is 9.34. The number of amides is 1. The van der Waals surface area contributed by atoms with Crippen molar-refractivity contribution in [3.63, 3.8) is 0 Å². The summed E-state index contributed by atoms with van der Waals surface area (Å²) in [6, 6.07) is 23.2. The van der Waals surface area contributed by atoms with Crippen molar-refractivity contribution < 1.29 is 19.4 Å². The van der Waals surface area contributed by atoms with Crippen LogP contribution in [0.1, 0.15) is 65.3 Å². The van der Waals surface area contributed by atoms with Gasteiger partial charge in [-0.25, -0.2) is 0 Å². The predicted molar refractivity (Wildman–Crippen MR) is 150 cm³/mol. The third-order valence-corrected chi connectivity index (χ3v) is 6.75. The highest BCUT2D eigenvalue weighted by atomic mass is 35.5. The molecule has 6 nitrogen and oxygen atoms in total. The van der Waals surface area contributed by atoms with Gasteiger partial charge in [0.15, 0.2) is 0 Å². The van der Waals surface area contributed by atoms with E-state index in [2.05, 4.69) is 23.3 Å². The second kappa shape index (κ2) is 12.6. The van der Waals surface area contributed by atoms with Gasteiger partial charge in [0.05, 0.1) is 11.9 Å². The highest BCUT2D eigenvalue weighted by molar-refractivity contribution is 6.30. The topological polar surface area (TPSA) is 88.5 Å². The Kier molecular flexibility index (Phi) is 8.98. The van der Waals surface area contributed by atoms with E-state index in [0.29, 0.717) is 10.6 Å². The van der Waals surface area contributed by atoms with Gasteiger partial charge in [0.25, 0.3) is 5.91 Å². The predicted octanol–water partition coefficient (Wildman–Crippen LogP) is 7.11. The summed E-state index contributed by atoms with van der Waals surface area (Å²) >= 11 is 6.21. The maximum absolute atomic E-state index is 12.5. The molecule has 4 aromatic rings. The average Bonchev–Trinajstić information content (AvgIpc) is 2.91. The van der Waals surface area contributed by atoms with Gasteiger partial charge in [-0.2, -0.15) is 0 Å². The van der Waals surface area contributed by atoms with Crippen molar-refractivity contribution in [2.75, 3.05) is 6.54 Å². The molecular weight excluding hydrogens is 500 g/mol. The molecule has 7 heteroatoms. The number of pyridine rings is 1. The van der Waals surface area contributed by atoms with Crippen molar-refractivity contribution in [3.8, 4) is 5.75 Å². The van der Waals surface area contributed by atoms with Crippen LogP contribution in [0, 0.1) is 6.92 Å². The first-order valence-corrected chi connectivity index (χ1v) is 13.1. The molecule has 0 radical (unpaired) electrons. The maximum Gasteiger partial charge on any atom is 0.305 e. The highest BCUT2D eigenvalue weighted by Crippen LogP contribution is 2.40. The molecule has 196 valence electrons. The molecule has 1 unspecified atom stereocenters. The average molecular weight is 531 g/mol. The van der Waals surface area contributed by atoms with E-state index >= 15 is 0 Å². The zero-order valence-corrected chi connectivity index (χ0v) is 22.2. The molecule has 0 saturated heterocycles. The Morgan fingerprint density at radius 1 is 1.00 bits per heavy atom. The zero-order chi connectivity index (χ0) is 27.1. The van der Waals surface area contributed by atoms with Gasteiger partial charge in [0, 0.05) is 34.6 Å². The van der Waals surface area contributed by atoms with E-state index in [1.807, 2.05) is 61.5 Å². The number of hydrogen-bond acceptors (Lipinski definition) is 4. The molecule has 0 aliphatic rings. The lowest BCUT2D eigenvalue weighted by Crippen LogP contribution is -2.26. The Bertz CT molecular complexity index is 1400. The fourth-order valence-electron chi connectivity index (χ4n) is 4.58. The number of aryl methyl sites for hydroxylation is 1. The van der Waals surface area contributed by atoms with Gasteiger partial charge in [-0.1, -0.05) is 55.3 Å². The number of nitrogens with one attached hydrogen (secondary N) is 1. The van der Waals surface area contributed by atoms with Crippen molar-refractivity contribution in [2.24, 2.45) is 0 Å². The zero-order valence-electron chi connectivity index (χ0n) is 21.5. The molecule has 0 spiro atoms. The van der Waals surface area contributed by atoms with Gasteiger partial charge in [0.1, 0.15) is 11.9 Å². The monoisotopic (exact) mass is 530 g/mol. The summed E-state index contributed by atoms with van der Waals surface area (Å²) in [5, 5.41) is 13.1. The first kappa shape index (κ1) is 27.1. The van der Waals surface area contributed by atoms with Crippen LogP contribution in [0.3, 0.4) is 0 Å². The Balaban J connectivity index is 1.68. The van der Waals surface area contributed by atoms with Gasteiger partial charge < -0.3 is 15.2 Å². The van der Waals surface area contributed by atoms with Crippen LogP contribution in [-0.2, 0) is 4.79 Å². The van der Waals surface area contributed by atoms with Gasteiger partial charge >= 0.3 is 5.97 Å². The largest absolute Gasteiger partial charge is 0.484 e. The van der Waals surface area contributed by atoms with Gasteiger partial charge in [-0.3, -0.25) is 14.6 Å². The SMILES string of the molecule is CCC[C@H](c1ccc(C(=O)NCCC(=O)O)cc1)C(Oc1ccnc2cc(C)ccc12)c1ccc(Cl)cc1. The molecule has 38 heavy (non-hydrogen) atoms. The number of halogens is 1. The summed E-state index contributed by atoms with van der Waals surface area (Å²) in [6.07, 6.45) is 3.13. The lowest BCUT2D eigenvalue weighted by Gasteiger charge is -2.29. The maximum atomic E-state index is 12.5. The van der Waals surface area contributed by atoms with Crippen LogP contribution in [0.4, 0.5) is 0 Å². The van der Waals surface area contributed by atoms with E-state index in [1.54, 1.807) is 18.3 Å². The fraction of sp³-hybridized carbons (Fsp3) is 0.258. The van der Waals surface area contributed by atoms with E-state index in [4.69, 9.17) is 21.4 Å².